The number of hydrogen-bond acceptors (Lipinski definition) is 1. The number of hydrogen-bond donors (Lipinski definition) is 0. The second-order valence-electron chi connectivity index (χ2n) is 11.1. The van der Waals surface area contributed by atoms with Crippen LogP contribution in [0.4, 0.5) is 0 Å². The van der Waals surface area contributed by atoms with Gasteiger partial charge in [-0.1, -0.05) is 170 Å². The first kappa shape index (κ1) is 25.9. The van der Waals surface area contributed by atoms with Crippen LogP contribution in [0.2, 0.25) is 0 Å². The average Bonchev–Trinajstić information content (AvgIpc) is 3.22. The van der Waals surface area contributed by atoms with Gasteiger partial charge in [0, 0.05) is 22.3 Å². The van der Waals surface area contributed by atoms with E-state index in [0.717, 1.165) is 54.9 Å². The average molecular weight is 561 g/mol. The number of fused-ring (bicyclic) bond motifs is 6. The minimum Gasteiger partial charge on any atom is -0.289 e. The van der Waals surface area contributed by atoms with E-state index >= 15 is 4.79 Å². The van der Waals surface area contributed by atoms with Gasteiger partial charge in [0.15, 0.2) is 5.43 Å². The molecule has 8 rings (SSSR count). The summed E-state index contributed by atoms with van der Waals surface area (Å²) in [5, 5.41) is 6.77. The maximum atomic E-state index is 15.5. The van der Waals surface area contributed by atoms with E-state index in [1.807, 2.05) is 48.5 Å². The van der Waals surface area contributed by atoms with Gasteiger partial charge in [-0.05, 0) is 54.6 Å². The molecule has 0 N–H and O–H groups in total. The van der Waals surface area contributed by atoms with Gasteiger partial charge in [0.2, 0.25) is 0 Å². The molecule has 0 bridgehead atoms. The van der Waals surface area contributed by atoms with Crippen molar-refractivity contribution >= 4 is 32.3 Å². The summed E-state index contributed by atoms with van der Waals surface area (Å²) >= 11 is 0. The van der Waals surface area contributed by atoms with Gasteiger partial charge >= 0.3 is 0 Å². The van der Waals surface area contributed by atoms with Crippen LogP contribution in [0.1, 0.15) is 0 Å². The molecule has 8 aromatic rings. The van der Waals surface area contributed by atoms with Crippen molar-refractivity contribution in [2.24, 2.45) is 0 Å². The summed E-state index contributed by atoms with van der Waals surface area (Å²) in [6.45, 7) is 0. The Hall–Kier alpha value is -5.79. The Bertz CT molecular complexity index is 2190. The maximum absolute atomic E-state index is 15.5. The fourth-order valence-corrected chi connectivity index (χ4v) is 6.81. The van der Waals surface area contributed by atoms with Crippen molar-refractivity contribution in [3.63, 3.8) is 0 Å². The number of benzene rings is 7. The molecule has 0 heterocycles. The molecule has 0 aliphatic heterocycles. The second-order valence-corrected chi connectivity index (χ2v) is 11.1. The van der Waals surface area contributed by atoms with Crippen LogP contribution in [-0.2, 0) is 0 Å². The molecule has 0 radical (unpaired) electrons. The van der Waals surface area contributed by atoms with E-state index in [1.54, 1.807) is 0 Å². The van der Waals surface area contributed by atoms with E-state index in [2.05, 4.69) is 121 Å². The van der Waals surface area contributed by atoms with Gasteiger partial charge in [-0.2, -0.15) is 0 Å². The summed E-state index contributed by atoms with van der Waals surface area (Å²) in [6.07, 6.45) is 0. The van der Waals surface area contributed by atoms with Crippen LogP contribution in [0.25, 0.3) is 76.8 Å². The molecule has 0 fully saturated rings. The highest BCUT2D eigenvalue weighted by molar-refractivity contribution is 6.33. The predicted octanol–water partition coefficient (Wildman–Crippen LogP) is 11.2. The Morgan fingerprint density at radius 1 is 0.250 bits per heavy atom. The lowest BCUT2D eigenvalue weighted by Gasteiger charge is -2.16. The van der Waals surface area contributed by atoms with Gasteiger partial charge in [0.05, 0.1) is 0 Å². The van der Waals surface area contributed by atoms with Gasteiger partial charge in [-0.3, -0.25) is 4.79 Å². The van der Waals surface area contributed by atoms with Crippen molar-refractivity contribution in [1.29, 1.82) is 0 Å². The van der Waals surface area contributed by atoms with Crippen LogP contribution in [0, 0.1) is 0 Å². The van der Waals surface area contributed by atoms with Crippen LogP contribution < -0.4 is 5.43 Å². The van der Waals surface area contributed by atoms with E-state index in [9.17, 15) is 0 Å². The SMILES string of the molecule is O=c1c(-c2ccccc2)c(-c2ccccc2)c2c3ccccc3c3ccccc3c2c(-c2ccccc2)c1-c1ccccc1. The predicted molar refractivity (Wildman–Crippen MR) is 187 cm³/mol. The Kier molecular flexibility index (Phi) is 6.35. The summed E-state index contributed by atoms with van der Waals surface area (Å²) in [4.78, 5) is 15.5. The molecule has 1 heteroatoms. The normalized spacial score (nSPS) is 11.3. The minimum absolute atomic E-state index is 0.0180. The zero-order chi connectivity index (χ0) is 29.5. The Labute approximate surface area is 256 Å². The van der Waals surface area contributed by atoms with Gasteiger partial charge in [-0.25, -0.2) is 0 Å². The molecule has 8 aromatic carbocycles. The lowest BCUT2D eigenvalue weighted by Crippen LogP contribution is -2.08. The summed E-state index contributed by atoms with van der Waals surface area (Å²) in [5.41, 5.74) is 7.20. The Morgan fingerprint density at radius 3 is 0.818 bits per heavy atom. The van der Waals surface area contributed by atoms with Crippen molar-refractivity contribution in [3.05, 3.63) is 180 Å². The van der Waals surface area contributed by atoms with Crippen molar-refractivity contribution in [1.82, 2.24) is 0 Å². The van der Waals surface area contributed by atoms with E-state index in [1.165, 1.54) is 10.8 Å². The molecular weight excluding hydrogens is 532 g/mol. The van der Waals surface area contributed by atoms with Crippen molar-refractivity contribution in [2.45, 2.75) is 0 Å². The summed E-state index contributed by atoms with van der Waals surface area (Å²) < 4.78 is 0. The second kappa shape index (κ2) is 10.8. The fourth-order valence-electron chi connectivity index (χ4n) is 6.81. The molecular formula is C43H28O. The first-order valence-electron chi connectivity index (χ1n) is 15.0. The topological polar surface area (TPSA) is 17.1 Å². The molecule has 44 heavy (non-hydrogen) atoms. The van der Waals surface area contributed by atoms with Crippen molar-refractivity contribution < 1.29 is 0 Å². The van der Waals surface area contributed by atoms with E-state index in [-0.39, 0.29) is 5.43 Å². The standard InChI is InChI=1S/C43H28O/c44-43-39(31-21-9-3-10-22-31)37(29-17-5-1-6-18-29)41-35-27-15-13-25-33(35)34-26-14-16-28-36(34)42(41)38(30-19-7-2-8-20-30)40(43)32-23-11-4-12-24-32/h1-28H. The van der Waals surface area contributed by atoms with Crippen LogP contribution in [0.3, 0.4) is 0 Å². The zero-order valence-electron chi connectivity index (χ0n) is 24.1. The molecule has 0 aromatic heterocycles. The van der Waals surface area contributed by atoms with Gasteiger partial charge in [0.25, 0.3) is 0 Å². The third kappa shape index (κ3) is 4.13. The molecule has 0 saturated carbocycles. The van der Waals surface area contributed by atoms with Gasteiger partial charge < -0.3 is 0 Å². The summed E-state index contributed by atoms with van der Waals surface area (Å²) in [7, 11) is 0. The molecule has 0 saturated heterocycles. The van der Waals surface area contributed by atoms with Crippen LogP contribution in [0.5, 0.6) is 0 Å². The molecule has 0 aliphatic rings. The zero-order valence-corrected chi connectivity index (χ0v) is 24.1. The highest BCUT2D eigenvalue weighted by Crippen LogP contribution is 2.48. The molecule has 1 nitrogen and oxygen atoms in total. The maximum Gasteiger partial charge on any atom is 0.195 e. The van der Waals surface area contributed by atoms with E-state index in [0.29, 0.717) is 11.1 Å². The molecule has 0 amide bonds. The molecule has 0 spiro atoms. The van der Waals surface area contributed by atoms with Crippen molar-refractivity contribution in [2.75, 3.05) is 0 Å². The van der Waals surface area contributed by atoms with E-state index in [4.69, 9.17) is 0 Å². The van der Waals surface area contributed by atoms with Crippen LogP contribution in [-0.4, -0.2) is 0 Å². The van der Waals surface area contributed by atoms with Crippen LogP contribution in [0.15, 0.2) is 175 Å². The first-order chi connectivity index (χ1) is 21.8. The van der Waals surface area contributed by atoms with E-state index < -0.39 is 0 Å². The third-order valence-corrected chi connectivity index (χ3v) is 8.64. The highest BCUT2D eigenvalue weighted by atomic mass is 16.1. The number of rotatable bonds is 4. The molecule has 0 unspecified atom stereocenters. The summed E-state index contributed by atoms with van der Waals surface area (Å²) in [6, 6.07) is 58.5. The third-order valence-electron chi connectivity index (χ3n) is 8.64. The lowest BCUT2D eigenvalue weighted by molar-refractivity contribution is 1.55. The fraction of sp³-hybridized carbons (Fsp3) is 0. The Balaban J connectivity index is 1.82. The molecule has 0 atom stereocenters. The Morgan fingerprint density at radius 2 is 0.500 bits per heavy atom. The highest BCUT2D eigenvalue weighted by Gasteiger charge is 2.25. The van der Waals surface area contributed by atoms with Crippen molar-refractivity contribution in [3.8, 4) is 44.5 Å². The molecule has 0 aliphatic carbocycles. The monoisotopic (exact) mass is 560 g/mol. The first-order valence-corrected chi connectivity index (χ1v) is 15.0. The summed E-state index contributed by atoms with van der Waals surface area (Å²) in [5.74, 6) is 0. The quantitative estimate of drug-likeness (QED) is 0.196. The smallest absolute Gasteiger partial charge is 0.195 e. The minimum atomic E-state index is 0.0180. The van der Waals surface area contributed by atoms with Gasteiger partial charge in [0.1, 0.15) is 0 Å². The van der Waals surface area contributed by atoms with Gasteiger partial charge in [-0.15, -0.1) is 0 Å². The lowest BCUT2D eigenvalue weighted by atomic mass is 9.86. The van der Waals surface area contributed by atoms with Crippen LogP contribution >= 0.6 is 0 Å². The largest absolute Gasteiger partial charge is 0.289 e. The molecule has 206 valence electrons.